The average molecular weight is 710 g/mol. The molecule has 3 rings (SSSR count). The zero-order chi connectivity index (χ0) is 37.0. The Bertz CT molecular complexity index is 1580. The Morgan fingerprint density at radius 3 is 1.15 bits per heavy atom. The predicted octanol–water partition coefficient (Wildman–Crippen LogP) is 10.4. The molecule has 0 aliphatic rings. The highest BCUT2D eigenvalue weighted by Crippen LogP contribution is 2.39. The van der Waals surface area contributed by atoms with Crippen molar-refractivity contribution < 1.29 is 83.8 Å². The largest absolute Gasteiger partial charge is 0.418 e. The minimum atomic E-state index is -4.85. The highest BCUT2D eigenvalue weighted by molar-refractivity contribution is 5.78. The lowest BCUT2D eigenvalue weighted by Gasteiger charge is -2.12. The van der Waals surface area contributed by atoms with Gasteiger partial charge in [-0.2, -0.15) is 84.3 Å². The summed E-state index contributed by atoms with van der Waals surface area (Å²) in [7, 11) is 0. The van der Waals surface area contributed by atoms with Gasteiger partial charge in [0.05, 0.1) is 45.0 Å². The van der Waals surface area contributed by atoms with Crippen molar-refractivity contribution in [3.05, 3.63) is 99.1 Å². The number of alkyl halides is 18. The Kier molecular flexibility index (Phi) is 12.0. The zero-order valence-corrected chi connectivity index (χ0v) is 22.0. The number of rotatable bonds is 1. The predicted molar refractivity (Wildman–Crippen MR) is 124 cm³/mol. The summed E-state index contributed by atoms with van der Waals surface area (Å²) in [6.45, 7) is 0. The molecule has 0 spiro atoms. The second-order valence-electron chi connectivity index (χ2n) is 8.58. The lowest BCUT2D eigenvalue weighted by atomic mass is 10.0. The maximum Gasteiger partial charge on any atom is 0.418 e. The van der Waals surface area contributed by atoms with Crippen LogP contribution in [-0.2, 0) is 37.1 Å². The number of nitrogen functional groups attached to an aromatic ring is 1. The number of carbonyl (C=O) groups excluding carboxylic acids is 1. The number of halogens is 18. The van der Waals surface area contributed by atoms with Crippen molar-refractivity contribution in [2.24, 2.45) is 0 Å². The Labute approximate surface area is 249 Å². The third-order valence-electron chi connectivity index (χ3n) is 5.27. The van der Waals surface area contributed by atoms with E-state index in [4.69, 9.17) is 11.0 Å². The summed E-state index contributed by atoms with van der Waals surface area (Å²) in [5.41, 5.74) is -5.90. The van der Waals surface area contributed by atoms with Gasteiger partial charge < -0.3 is 5.73 Å². The van der Waals surface area contributed by atoms with Crippen LogP contribution in [-0.4, -0.2) is 6.29 Å². The highest BCUT2D eigenvalue weighted by Gasteiger charge is 2.39. The molecule has 3 nitrogen and oxygen atoms in total. The molecular weight excluding hydrogens is 698 g/mol. The van der Waals surface area contributed by atoms with E-state index in [0.717, 1.165) is 6.07 Å². The zero-order valence-electron chi connectivity index (χ0n) is 22.0. The quantitative estimate of drug-likeness (QED) is 0.155. The van der Waals surface area contributed by atoms with Crippen molar-refractivity contribution in [2.45, 2.75) is 37.1 Å². The molecule has 0 bridgehead atoms. The Morgan fingerprint density at radius 1 is 0.489 bits per heavy atom. The summed E-state index contributed by atoms with van der Waals surface area (Å²) >= 11 is 0. The van der Waals surface area contributed by atoms with Gasteiger partial charge in [0.25, 0.3) is 0 Å². The van der Waals surface area contributed by atoms with Gasteiger partial charge in [0.1, 0.15) is 0 Å². The van der Waals surface area contributed by atoms with Gasteiger partial charge in [-0.3, -0.25) is 4.79 Å². The Morgan fingerprint density at radius 2 is 0.830 bits per heavy atom. The number of nitrogens with two attached hydrogens (primary N) is 1. The topological polar surface area (TPSA) is 66.9 Å². The fourth-order valence-electron chi connectivity index (χ4n) is 3.15. The molecule has 0 aliphatic carbocycles. The van der Waals surface area contributed by atoms with Crippen LogP contribution in [0.4, 0.5) is 84.7 Å². The molecule has 3 aromatic rings. The first-order chi connectivity index (χ1) is 20.9. The summed E-state index contributed by atoms with van der Waals surface area (Å²) in [6, 6.07) is 3.46. The number of hydrogen-bond donors (Lipinski definition) is 1. The molecule has 0 unspecified atom stereocenters. The molecule has 0 aromatic heterocycles. The van der Waals surface area contributed by atoms with Gasteiger partial charge >= 0.3 is 37.1 Å². The first-order valence-corrected chi connectivity index (χ1v) is 11.4. The number of anilines is 1. The fraction of sp³-hybridized carbons (Fsp3) is 0.231. The first-order valence-electron chi connectivity index (χ1n) is 11.4. The maximum absolute atomic E-state index is 12.2. The van der Waals surface area contributed by atoms with Crippen LogP contribution < -0.4 is 5.73 Å². The van der Waals surface area contributed by atoms with Crippen LogP contribution in [0.2, 0.25) is 0 Å². The molecule has 0 radical (unpaired) electrons. The molecule has 0 heterocycles. The van der Waals surface area contributed by atoms with E-state index in [1.54, 1.807) is 0 Å². The number of hydrogen-bond acceptors (Lipinski definition) is 3. The molecule has 21 heteroatoms. The maximum atomic E-state index is 12.2. The van der Waals surface area contributed by atoms with Crippen molar-refractivity contribution in [2.75, 3.05) is 5.73 Å². The molecule has 47 heavy (non-hydrogen) atoms. The van der Waals surface area contributed by atoms with Crippen LogP contribution in [0.5, 0.6) is 0 Å². The lowest BCUT2D eigenvalue weighted by molar-refractivity contribution is -0.141. The van der Waals surface area contributed by atoms with Crippen molar-refractivity contribution in [1.29, 1.82) is 5.26 Å². The van der Waals surface area contributed by atoms with Crippen LogP contribution in [0.15, 0.2) is 54.6 Å². The SMILES string of the molecule is N#Cc1cc(C(F)(F)F)ccc1C(F)(F)F.Nc1cc(C(F)(F)F)ccc1C(F)(F)F.O=Cc1cc(C(F)(F)F)ccc1C(F)(F)F. The van der Waals surface area contributed by atoms with E-state index in [0.29, 0.717) is 18.2 Å². The summed E-state index contributed by atoms with van der Waals surface area (Å²) in [5.74, 6) is 0. The van der Waals surface area contributed by atoms with Crippen molar-refractivity contribution >= 4 is 12.0 Å². The summed E-state index contributed by atoms with van der Waals surface area (Å²) in [6.07, 6.45) is -28.9. The molecule has 3 aromatic carbocycles. The first kappa shape index (κ1) is 40.4. The number of aldehydes is 1. The van der Waals surface area contributed by atoms with Gasteiger partial charge in [-0.15, -0.1) is 0 Å². The minimum absolute atomic E-state index is 0.176. The van der Waals surface area contributed by atoms with E-state index >= 15 is 0 Å². The number of nitriles is 1. The number of nitrogens with zero attached hydrogens (tertiary/aromatic N) is 1. The molecule has 0 fully saturated rings. The molecule has 0 saturated carbocycles. The van der Waals surface area contributed by atoms with E-state index in [9.17, 15) is 83.8 Å². The molecule has 2 N–H and O–H groups in total. The number of carbonyl (C=O) groups is 1. The van der Waals surface area contributed by atoms with E-state index in [-0.39, 0.29) is 42.7 Å². The van der Waals surface area contributed by atoms with E-state index in [1.165, 1.54) is 0 Å². The van der Waals surface area contributed by atoms with Gasteiger partial charge in [0, 0.05) is 11.3 Å². The third-order valence-corrected chi connectivity index (χ3v) is 5.27. The smallest absolute Gasteiger partial charge is 0.398 e. The second kappa shape index (κ2) is 14.0. The molecule has 0 amide bonds. The number of benzene rings is 3. The third kappa shape index (κ3) is 11.6. The molecule has 258 valence electrons. The van der Waals surface area contributed by atoms with E-state index in [2.05, 4.69) is 0 Å². The molecular formula is C26H12F18N2O. The van der Waals surface area contributed by atoms with Gasteiger partial charge in [-0.1, -0.05) is 0 Å². The van der Waals surface area contributed by atoms with E-state index in [1.807, 2.05) is 0 Å². The Hall–Kier alpha value is -4.64. The molecule has 0 atom stereocenters. The van der Waals surface area contributed by atoms with Crippen molar-refractivity contribution in [3.63, 3.8) is 0 Å². The van der Waals surface area contributed by atoms with Crippen LogP contribution in [0.25, 0.3) is 0 Å². The summed E-state index contributed by atoms with van der Waals surface area (Å²) < 4.78 is 219. The lowest BCUT2D eigenvalue weighted by Crippen LogP contribution is -2.12. The van der Waals surface area contributed by atoms with Gasteiger partial charge in [-0.05, 0) is 54.6 Å². The second-order valence-corrected chi connectivity index (χ2v) is 8.58. The van der Waals surface area contributed by atoms with Crippen molar-refractivity contribution in [3.8, 4) is 6.07 Å². The fourth-order valence-corrected chi connectivity index (χ4v) is 3.15. The van der Waals surface area contributed by atoms with Crippen LogP contribution in [0.1, 0.15) is 49.3 Å². The highest BCUT2D eigenvalue weighted by atomic mass is 19.4. The summed E-state index contributed by atoms with van der Waals surface area (Å²) in [4.78, 5) is 10.3. The van der Waals surface area contributed by atoms with Gasteiger partial charge in [0.15, 0.2) is 6.29 Å². The minimum Gasteiger partial charge on any atom is -0.398 e. The van der Waals surface area contributed by atoms with Crippen LogP contribution in [0, 0.1) is 11.3 Å². The van der Waals surface area contributed by atoms with Gasteiger partial charge in [0.2, 0.25) is 0 Å². The van der Waals surface area contributed by atoms with Crippen molar-refractivity contribution in [1.82, 2.24) is 0 Å². The average Bonchev–Trinajstić information content (AvgIpc) is 2.89. The van der Waals surface area contributed by atoms with E-state index < -0.39 is 87.3 Å². The molecule has 0 saturated heterocycles. The van der Waals surface area contributed by atoms with Crippen LogP contribution in [0.3, 0.4) is 0 Å². The standard InChI is InChI=1S/C9H3F6N.C9H4F6O.C8H5F6N/c2*10-8(11,12)6-1-2-7(9(13,14)15)5(3-6)4-16;9-7(10,11)4-1-2-5(6(15)3-4)8(12,13)14/h1-3H;1-4H;1-3H,15H2. The monoisotopic (exact) mass is 710 g/mol. The molecule has 0 aliphatic heterocycles. The Balaban J connectivity index is 0.000000353. The van der Waals surface area contributed by atoms with Gasteiger partial charge in [-0.25, -0.2) is 0 Å². The summed E-state index contributed by atoms with van der Waals surface area (Å²) in [5, 5.41) is 8.35. The van der Waals surface area contributed by atoms with Crippen LogP contribution >= 0.6 is 0 Å². The normalized spacial score (nSPS) is 12.6.